The van der Waals surface area contributed by atoms with E-state index in [4.69, 9.17) is 0 Å². The second-order valence-corrected chi connectivity index (χ2v) is 6.11. The van der Waals surface area contributed by atoms with Gasteiger partial charge in [-0.15, -0.1) is 11.3 Å². The summed E-state index contributed by atoms with van der Waals surface area (Å²) in [6.07, 6.45) is 3.89. The zero-order valence-electron chi connectivity index (χ0n) is 11.0. The smallest absolute Gasteiger partial charge is 0.0412 e. The van der Waals surface area contributed by atoms with E-state index in [1.807, 2.05) is 11.3 Å². The van der Waals surface area contributed by atoms with Crippen molar-refractivity contribution in [2.45, 2.75) is 32.2 Å². The predicted octanol–water partition coefficient (Wildman–Crippen LogP) is 3.13. The first kappa shape index (κ1) is 13.1. The molecule has 1 aliphatic heterocycles. The maximum absolute atomic E-state index is 3.75. The van der Waals surface area contributed by atoms with Crippen molar-refractivity contribution in [2.75, 3.05) is 26.7 Å². The van der Waals surface area contributed by atoms with Crippen LogP contribution in [0.25, 0.3) is 0 Å². The van der Waals surface area contributed by atoms with E-state index in [0.29, 0.717) is 6.04 Å². The minimum Gasteiger partial charge on any atom is -0.309 e. The molecule has 3 heteroatoms. The molecular weight excluding hydrogens is 228 g/mol. The van der Waals surface area contributed by atoms with Gasteiger partial charge in [0.1, 0.15) is 0 Å². The summed E-state index contributed by atoms with van der Waals surface area (Å²) in [4.78, 5) is 3.92. The van der Waals surface area contributed by atoms with E-state index in [9.17, 15) is 0 Å². The van der Waals surface area contributed by atoms with Crippen LogP contribution in [0, 0.1) is 5.92 Å². The molecule has 1 aliphatic rings. The molecule has 96 valence electrons. The molecule has 1 fully saturated rings. The van der Waals surface area contributed by atoms with Gasteiger partial charge in [0.15, 0.2) is 0 Å². The summed E-state index contributed by atoms with van der Waals surface area (Å²) < 4.78 is 0. The van der Waals surface area contributed by atoms with Crippen LogP contribution in [-0.4, -0.2) is 31.6 Å². The Morgan fingerprint density at radius 1 is 1.47 bits per heavy atom. The molecule has 1 aromatic heterocycles. The lowest BCUT2D eigenvalue weighted by molar-refractivity contribution is 0.212. The number of piperidine rings is 1. The molecule has 1 unspecified atom stereocenters. The lowest BCUT2D eigenvalue weighted by atomic mass is 9.96. The van der Waals surface area contributed by atoms with E-state index in [0.717, 1.165) is 5.92 Å². The first-order valence-electron chi connectivity index (χ1n) is 6.75. The molecule has 1 aromatic rings. The molecule has 1 saturated heterocycles. The SMILES string of the molecule is CCC(NCC1CCN(C)CC1)c1cccs1. The summed E-state index contributed by atoms with van der Waals surface area (Å²) in [5.74, 6) is 0.875. The molecule has 2 heterocycles. The highest BCUT2D eigenvalue weighted by molar-refractivity contribution is 7.10. The fraction of sp³-hybridized carbons (Fsp3) is 0.714. The number of rotatable bonds is 5. The highest BCUT2D eigenvalue weighted by Crippen LogP contribution is 2.23. The molecule has 2 nitrogen and oxygen atoms in total. The number of hydrogen-bond donors (Lipinski definition) is 1. The van der Waals surface area contributed by atoms with E-state index in [1.54, 1.807) is 0 Å². The average molecular weight is 252 g/mol. The summed E-state index contributed by atoms with van der Waals surface area (Å²) in [6, 6.07) is 4.97. The zero-order chi connectivity index (χ0) is 12.1. The van der Waals surface area contributed by atoms with Crippen molar-refractivity contribution in [1.82, 2.24) is 10.2 Å². The quantitative estimate of drug-likeness (QED) is 0.866. The number of hydrogen-bond acceptors (Lipinski definition) is 3. The van der Waals surface area contributed by atoms with Crippen molar-refractivity contribution in [2.24, 2.45) is 5.92 Å². The lowest BCUT2D eigenvalue weighted by Crippen LogP contribution is -2.35. The number of nitrogens with zero attached hydrogens (tertiary/aromatic N) is 1. The van der Waals surface area contributed by atoms with Gasteiger partial charge in [-0.1, -0.05) is 13.0 Å². The maximum atomic E-state index is 3.75. The van der Waals surface area contributed by atoms with Crippen molar-refractivity contribution < 1.29 is 0 Å². The Labute approximate surface area is 109 Å². The number of thiophene rings is 1. The van der Waals surface area contributed by atoms with Crippen molar-refractivity contribution in [3.05, 3.63) is 22.4 Å². The van der Waals surface area contributed by atoms with Gasteiger partial charge in [0, 0.05) is 10.9 Å². The van der Waals surface area contributed by atoms with Gasteiger partial charge in [-0.2, -0.15) is 0 Å². The molecule has 1 N–H and O–H groups in total. The van der Waals surface area contributed by atoms with Gasteiger partial charge in [-0.25, -0.2) is 0 Å². The lowest BCUT2D eigenvalue weighted by Gasteiger charge is -2.30. The van der Waals surface area contributed by atoms with Crippen molar-refractivity contribution in [3.63, 3.8) is 0 Å². The molecule has 17 heavy (non-hydrogen) atoms. The predicted molar refractivity (Wildman–Crippen MR) is 75.6 cm³/mol. The third kappa shape index (κ3) is 3.80. The van der Waals surface area contributed by atoms with Crippen molar-refractivity contribution in [1.29, 1.82) is 0 Å². The zero-order valence-corrected chi connectivity index (χ0v) is 11.8. The summed E-state index contributed by atoms with van der Waals surface area (Å²) in [5.41, 5.74) is 0. The van der Waals surface area contributed by atoms with E-state index < -0.39 is 0 Å². The summed E-state index contributed by atoms with van der Waals surface area (Å²) >= 11 is 1.87. The average Bonchev–Trinajstić information content (AvgIpc) is 2.86. The molecule has 0 aromatic carbocycles. The summed E-state index contributed by atoms with van der Waals surface area (Å²) in [7, 11) is 2.23. The van der Waals surface area contributed by atoms with Crippen LogP contribution in [0.4, 0.5) is 0 Å². The Hall–Kier alpha value is -0.380. The molecule has 0 radical (unpaired) electrons. The standard InChI is InChI=1S/C14H24N2S/c1-3-13(14-5-4-10-17-14)15-11-12-6-8-16(2)9-7-12/h4-5,10,12-13,15H,3,6-9,11H2,1-2H3. The Bertz CT molecular complexity index is 302. The van der Waals surface area contributed by atoms with Crippen LogP contribution < -0.4 is 5.32 Å². The van der Waals surface area contributed by atoms with Gasteiger partial charge in [-0.05, 0) is 63.3 Å². The largest absolute Gasteiger partial charge is 0.309 e. The minimum atomic E-state index is 0.564. The molecule has 0 aliphatic carbocycles. The summed E-state index contributed by atoms with van der Waals surface area (Å²) in [5, 5.41) is 5.92. The third-order valence-electron chi connectivity index (χ3n) is 3.79. The van der Waals surface area contributed by atoms with Crippen molar-refractivity contribution in [3.8, 4) is 0 Å². The minimum absolute atomic E-state index is 0.564. The fourth-order valence-electron chi connectivity index (χ4n) is 2.51. The van der Waals surface area contributed by atoms with E-state index in [-0.39, 0.29) is 0 Å². The highest BCUT2D eigenvalue weighted by Gasteiger charge is 2.18. The normalized spacial score (nSPS) is 20.6. The first-order chi connectivity index (χ1) is 8.29. The van der Waals surface area contributed by atoms with Gasteiger partial charge in [0.25, 0.3) is 0 Å². The van der Waals surface area contributed by atoms with Crippen LogP contribution in [0.2, 0.25) is 0 Å². The van der Waals surface area contributed by atoms with Gasteiger partial charge >= 0.3 is 0 Å². The van der Waals surface area contributed by atoms with Gasteiger partial charge in [-0.3, -0.25) is 0 Å². The molecule has 0 saturated carbocycles. The first-order valence-corrected chi connectivity index (χ1v) is 7.63. The van der Waals surface area contributed by atoms with Gasteiger partial charge in [0.2, 0.25) is 0 Å². The topological polar surface area (TPSA) is 15.3 Å². The molecule has 1 atom stereocenters. The van der Waals surface area contributed by atoms with Crippen LogP contribution in [0.15, 0.2) is 17.5 Å². The van der Waals surface area contributed by atoms with Crippen LogP contribution >= 0.6 is 11.3 Å². The third-order valence-corrected chi connectivity index (χ3v) is 4.77. The molecule has 2 rings (SSSR count). The second kappa shape index (κ2) is 6.53. The van der Waals surface area contributed by atoms with E-state index in [2.05, 4.69) is 41.7 Å². The Morgan fingerprint density at radius 3 is 2.82 bits per heavy atom. The monoisotopic (exact) mass is 252 g/mol. The fourth-order valence-corrected chi connectivity index (χ4v) is 3.40. The van der Waals surface area contributed by atoms with Gasteiger partial charge in [0.05, 0.1) is 0 Å². The van der Waals surface area contributed by atoms with E-state index in [1.165, 1.54) is 43.8 Å². The second-order valence-electron chi connectivity index (χ2n) is 5.13. The van der Waals surface area contributed by atoms with Crippen LogP contribution in [0.3, 0.4) is 0 Å². The van der Waals surface area contributed by atoms with Crippen LogP contribution in [0.1, 0.15) is 37.1 Å². The Balaban J connectivity index is 1.76. The van der Waals surface area contributed by atoms with Gasteiger partial charge < -0.3 is 10.2 Å². The summed E-state index contributed by atoms with van der Waals surface area (Å²) in [6.45, 7) is 5.99. The van der Waals surface area contributed by atoms with Crippen LogP contribution in [-0.2, 0) is 0 Å². The number of nitrogens with one attached hydrogen (secondary N) is 1. The maximum Gasteiger partial charge on any atom is 0.0412 e. The molecule has 0 bridgehead atoms. The van der Waals surface area contributed by atoms with Crippen molar-refractivity contribution >= 4 is 11.3 Å². The van der Waals surface area contributed by atoms with Crippen LogP contribution in [0.5, 0.6) is 0 Å². The van der Waals surface area contributed by atoms with E-state index >= 15 is 0 Å². The molecule has 0 amide bonds. The molecular formula is C14H24N2S. The Morgan fingerprint density at radius 2 is 2.24 bits per heavy atom. The number of likely N-dealkylation sites (tertiary alicyclic amines) is 1. The molecule has 0 spiro atoms. The Kier molecular flexibility index (Phi) is 5.01. The highest BCUT2D eigenvalue weighted by atomic mass is 32.1.